The quantitative estimate of drug-likeness (QED) is 0.751. The molecule has 0 heterocycles. The van der Waals surface area contributed by atoms with E-state index in [1.807, 2.05) is 6.92 Å². The Bertz CT molecular complexity index is 349. The third-order valence-corrected chi connectivity index (χ3v) is 4.49. The Kier molecular flexibility index (Phi) is 4.32. The van der Waals surface area contributed by atoms with Crippen LogP contribution in [-0.2, 0) is 15.0 Å². The zero-order chi connectivity index (χ0) is 12.3. The molecule has 93 valence electrons. The Morgan fingerprint density at radius 2 is 1.94 bits per heavy atom. The van der Waals surface area contributed by atoms with Gasteiger partial charge in [-0.3, -0.25) is 4.79 Å². The van der Waals surface area contributed by atoms with Crippen molar-refractivity contribution in [2.24, 2.45) is 5.92 Å². The van der Waals surface area contributed by atoms with Gasteiger partial charge in [0, 0.05) is 13.1 Å². The Morgan fingerprint density at radius 1 is 1.38 bits per heavy atom. The Labute approximate surface area is 97.4 Å². The lowest BCUT2D eigenvalue weighted by Crippen LogP contribution is -2.43. The van der Waals surface area contributed by atoms with Gasteiger partial charge in [0.2, 0.25) is 5.91 Å². The molecule has 0 unspecified atom stereocenters. The first-order valence-corrected chi connectivity index (χ1v) is 7.08. The molecule has 16 heavy (non-hydrogen) atoms. The molecule has 0 aliphatic heterocycles. The van der Waals surface area contributed by atoms with Crippen molar-refractivity contribution in [1.29, 1.82) is 0 Å². The predicted molar refractivity (Wildman–Crippen MR) is 61.6 cm³/mol. The summed E-state index contributed by atoms with van der Waals surface area (Å²) in [6, 6.07) is 0. The van der Waals surface area contributed by atoms with E-state index in [4.69, 9.17) is 0 Å². The first kappa shape index (κ1) is 13.4. The minimum absolute atomic E-state index is 0.284. The highest BCUT2D eigenvalue weighted by Gasteiger charge is 2.43. The second kappa shape index (κ2) is 5.14. The molecule has 0 spiro atoms. The first-order valence-electron chi connectivity index (χ1n) is 5.64. The number of amides is 1. The molecule has 1 N–H and O–H groups in total. The predicted octanol–water partition coefficient (Wildman–Crippen LogP) is 0.694. The van der Waals surface area contributed by atoms with Crippen LogP contribution in [0.5, 0.6) is 0 Å². The number of hydrogen-bond acceptors (Lipinski definition) is 3. The Morgan fingerprint density at radius 3 is 2.31 bits per heavy atom. The SMILES string of the molecule is CC[C@@H]1C[C]1C(=O)NS(=O)(=O)N(CC)CC. The average molecular weight is 247 g/mol. The van der Waals surface area contributed by atoms with Gasteiger partial charge in [0.15, 0.2) is 0 Å². The largest absolute Gasteiger partial charge is 0.303 e. The fourth-order valence-electron chi connectivity index (χ4n) is 1.69. The number of carbonyl (C=O) groups excluding carboxylic acids is 1. The first-order chi connectivity index (χ1) is 7.46. The Hall–Kier alpha value is -0.620. The van der Waals surface area contributed by atoms with Crippen LogP contribution in [0.15, 0.2) is 0 Å². The van der Waals surface area contributed by atoms with Crippen molar-refractivity contribution < 1.29 is 13.2 Å². The van der Waals surface area contributed by atoms with Gasteiger partial charge in [0.05, 0.1) is 5.92 Å². The van der Waals surface area contributed by atoms with Crippen molar-refractivity contribution >= 4 is 16.1 Å². The smallest absolute Gasteiger partial charge is 0.273 e. The van der Waals surface area contributed by atoms with E-state index in [1.54, 1.807) is 13.8 Å². The highest BCUT2D eigenvalue weighted by atomic mass is 32.2. The molecule has 0 aromatic carbocycles. The summed E-state index contributed by atoms with van der Waals surface area (Å²) in [5.74, 6) is 0.559. The van der Waals surface area contributed by atoms with Crippen molar-refractivity contribution in [3.63, 3.8) is 0 Å². The number of carbonyl (C=O) groups is 1. The van der Waals surface area contributed by atoms with Crippen LogP contribution in [0.4, 0.5) is 0 Å². The third-order valence-electron chi connectivity index (χ3n) is 2.85. The van der Waals surface area contributed by atoms with Crippen molar-refractivity contribution in [2.75, 3.05) is 13.1 Å². The number of hydrogen-bond donors (Lipinski definition) is 1. The van der Waals surface area contributed by atoms with Gasteiger partial charge in [-0.25, -0.2) is 4.72 Å². The second-order valence-corrected chi connectivity index (χ2v) is 5.53. The molecular weight excluding hydrogens is 228 g/mol. The molecule has 5 nitrogen and oxygen atoms in total. The van der Waals surface area contributed by atoms with Crippen LogP contribution in [0, 0.1) is 11.8 Å². The zero-order valence-corrected chi connectivity index (χ0v) is 10.8. The molecule has 0 aromatic heterocycles. The van der Waals surface area contributed by atoms with Crippen LogP contribution in [0.3, 0.4) is 0 Å². The third kappa shape index (κ3) is 2.95. The van der Waals surface area contributed by atoms with Crippen LogP contribution in [-0.4, -0.2) is 31.7 Å². The van der Waals surface area contributed by atoms with Crippen LogP contribution in [0.2, 0.25) is 0 Å². The Balaban J connectivity index is 2.56. The molecule has 0 bridgehead atoms. The molecule has 0 aromatic rings. The van der Waals surface area contributed by atoms with Crippen LogP contribution >= 0.6 is 0 Å². The van der Waals surface area contributed by atoms with Crippen LogP contribution in [0.1, 0.15) is 33.6 Å². The summed E-state index contributed by atoms with van der Waals surface area (Å²) in [6.45, 7) is 6.21. The van der Waals surface area contributed by atoms with Crippen LogP contribution in [0.25, 0.3) is 0 Å². The zero-order valence-electron chi connectivity index (χ0n) is 9.99. The van der Waals surface area contributed by atoms with E-state index in [0.717, 1.165) is 12.8 Å². The molecule has 1 fully saturated rings. The van der Waals surface area contributed by atoms with Gasteiger partial charge in [0.25, 0.3) is 0 Å². The lowest BCUT2D eigenvalue weighted by molar-refractivity contribution is -0.116. The fraction of sp³-hybridized carbons (Fsp3) is 0.800. The molecule has 1 aliphatic rings. The summed E-state index contributed by atoms with van der Waals surface area (Å²) in [4.78, 5) is 11.6. The number of rotatable bonds is 6. The standard InChI is InChI=1S/C10H19N2O3S/c1-4-8-7-9(8)10(13)11-16(14,15)12(5-2)6-3/h8H,4-7H2,1-3H3,(H,11,13)/t8-/m1/s1. The van der Waals surface area contributed by atoms with Crippen LogP contribution < -0.4 is 4.72 Å². The minimum atomic E-state index is -3.65. The highest BCUT2D eigenvalue weighted by molar-refractivity contribution is 7.87. The van der Waals surface area contributed by atoms with E-state index in [-0.39, 0.29) is 5.92 Å². The summed E-state index contributed by atoms with van der Waals surface area (Å²) < 4.78 is 26.8. The molecule has 1 atom stereocenters. The maximum atomic E-state index is 11.7. The fourth-order valence-corrected chi connectivity index (χ4v) is 2.86. The van der Waals surface area contributed by atoms with E-state index in [2.05, 4.69) is 4.72 Å². The summed E-state index contributed by atoms with van der Waals surface area (Å²) in [6.07, 6.45) is 1.63. The van der Waals surface area contributed by atoms with Gasteiger partial charge in [0.1, 0.15) is 0 Å². The molecule has 1 radical (unpaired) electrons. The molecular formula is C10H19N2O3S. The normalized spacial score (nSPS) is 21.1. The van der Waals surface area contributed by atoms with E-state index in [1.165, 1.54) is 4.31 Å². The summed E-state index contributed by atoms with van der Waals surface area (Å²) in [5, 5.41) is 0. The highest BCUT2D eigenvalue weighted by Crippen LogP contribution is 2.43. The second-order valence-electron chi connectivity index (χ2n) is 3.86. The molecule has 0 saturated heterocycles. The van der Waals surface area contributed by atoms with E-state index < -0.39 is 16.1 Å². The van der Waals surface area contributed by atoms with Gasteiger partial charge in [-0.2, -0.15) is 12.7 Å². The van der Waals surface area contributed by atoms with E-state index in [9.17, 15) is 13.2 Å². The topological polar surface area (TPSA) is 66.5 Å². The van der Waals surface area contributed by atoms with E-state index in [0.29, 0.717) is 19.0 Å². The summed E-state index contributed by atoms with van der Waals surface area (Å²) in [5.41, 5.74) is 0. The molecule has 1 saturated carbocycles. The maximum Gasteiger partial charge on any atom is 0.303 e. The van der Waals surface area contributed by atoms with Gasteiger partial charge >= 0.3 is 10.2 Å². The minimum Gasteiger partial charge on any atom is -0.273 e. The monoisotopic (exact) mass is 247 g/mol. The van der Waals surface area contributed by atoms with Crippen molar-refractivity contribution in [2.45, 2.75) is 33.6 Å². The van der Waals surface area contributed by atoms with Gasteiger partial charge in [-0.15, -0.1) is 0 Å². The van der Waals surface area contributed by atoms with Gasteiger partial charge in [-0.1, -0.05) is 27.2 Å². The lowest BCUT2D eigenvalue weighted by Gasteiger charge is -2.18. The van der Waals surface area contributed by atoms with E-state index >= 15 is 0 Å². The average Bonchev–Trinajstić information content (AvgIpc) is 2.97. The lowest BCUT2D eigenvalue weighted by atomic mass is 10.2. The van der Waals surface area contributed by atoms with Gasteiger partial charge in [-0.05, 0) is 12.3 Å². The molecule has 1 aliphatic carbocycles. The number of nitrogens with one attached hydrogen (secondary N) is 1. The summed E-state index contributed by atoms with van der Waals surface area (Å²) >= 11 is 0. The molecule has 1 rings (SSSR count). The maximum absolute atomic E-state index is 11.7. The summed E-state index contributed by atoms with van der Waals surface area (Å²) in [7, 11) is -3.65. The number of nitrogens with zero attached hydrogens (tertiary/aromatic N) is 1. The molecule has 1 amide bonds. The van der Waals surface area contributed by atoms with Crippen molar-refractivity contribution in [3.05, 3.63) is 5.92 Å². The van der Waals surface area contributed by atoms with Crippen molar-refractivity contribution in [1.82, 2.24) is 9.03 Å². The van der Waals surface area contributed by atoms with Gasteiger partial charge < -0.3 is 0 Å². The van der Waals surface area contributed by atoms with Crippen molar-refractivity contribution in [3.8, 4) is 0 Å². The molecule has 6 heteroatoms.